The minimum absolute atomic E-state index is 0.112. The van der Waals surface area contributed by atoms with E-state index in [4.69, 9.17) is 10.3 Å². The van der Waals surface area contributed by atoms with Gasteiger partial charge in [-0.2, -0.15) is 0 Å². The third-order valence-electron chi connectivity index (χ3n) is 3.41. The first-order valence-corrected chi connectivity index (χ1v) is 5.47. The third-order valence-corrected chi connectivity index (χ3v) is 3.41. The minimum atomic E-state index is -0.895. The van der Waals surface area contributed by atoms with E-state index in [1.54, 1.807) is 13.0 Å². The van der Waals surface area contributed by atoms with Crippen LogP contribution in [0.3, 0.4) is 0 Å². The molecule has 5 heteroatoms. The Morgan fingerprint density at radius 1 is 1.62 bits per heavy atom. The fourth-order valence-corrected chi connectivity index (χ4v) is 2.30. The Morgan fingerprint density at radius 3 is 2.69 bits per heavy atom. The van der Waals surface area contributed by atoms with Gasteiger partial charge in [0.2, 0.25) is 0 Å². The summed E-state index contributed by atoms with van der Waals surface area (Å²) in [7, 11) is 0. The Morgan fingerprint density at radius 2 is 2.25 bits per heavy atom. The number of aromatic nitrogens is 1. The molecule has 0 radical (unpaired) electrons. The van der Waals surface area contributed by atoms with E-state index in [1.807, 2.05) is 0 Å². The topological polar surface area (TPSA) is 89.3 Å². The molecule has 3 N–H and O–H groups in total. The molecule has 2 rings (SSSR count). The summed E-state index contributed by atoms with van der Waals surface area (Å²) in [6.07, 6.45) is 2.52. The van der Waals surface area contributed by atoms with Crippen molar-refractivity contribution >= 4 is 5.97 Å². The summed E-state index contributed by atoms with van der Waals surface area (Å²) in [6, 6.07) is 1.82. The van der Waals surface area contributed by atoms with Crippen LogP contribution >= 0.6 is 0 Å². The number of hydrogen-bond donors (Lipinski definition) is 2. The standard InChI is InChI=1S/C11H16N2O3/c1-7-6-9(13-16-7)11(10(14)15)4-2-8(12)3-5-11/h6,8H,2-5,12H2,1H3,(H,14,15). The number of carboxylic acids is 1. The lowest BCUT2D eigenvalue weighted by Crippen LogP contribution is -2.43. The highest BCUT2D eigenvalue weighted by molar-refractivity contribution is 5.80. The number of aryl methyl sites for hydroxylation is 1. The second-order valence-electron chi connectivity index (χ2n) is 4.55. The summed E-state index contributed by atoms with van der Waals surface area (Å²) in [5.74, 6) is -0.182. The Hall–Kier alpha value is -1.36. The maximum Gasteiger partial charge on any atom is 0.315 e. The molecule has 0 amide bonds. The summed E-state index contributed by atoms with van der Waals surface area (Å²) in [5.41, 5.74) is 5.44. The summed E-state index contributed by atoms with van der Waals surface area (Å²) >= 11 is 0. The molecule has 1 aromatic rings. The first-order valence-electron chi connectivity index (χ1n) is 5.47. The Kier molecular flexibility index (Phi) is 2.71. The van der Waals surface area contributed by atoms with E-state index in [-0.39, 0.29) is 6.04 Å². The SMILES string of the molecule is Cc1cc(C2(C(=O)O)CCC(N)CC2)no1. The van der Waals surface area contributed by atoms with Gasteiger partial charge >= 0.3 is 5.97 Å². The molecule has 1 aliphatic carbocycles. The van der Waals surface area contributed by atoms with E-state index in [0.29, 0.717) is 24.3 Å². The van der Waals surface area contributed by atoms with Crippen molar-refractivity contribution < 1.29 is 14.4 Å². The van der Waals surface area contributed by atoms with Gasteiger partial charge < -0.3 is 15.4 Å². The molecule has 1 aromatic heterocycles. The van der Waals surface area contributed by atoms with E-state index in [9.17, 15) is 9.90 Å². The fraction of sp³-hybridized carbons (Fsp3) is 0.636. The van der Waals surface area contributed by atoms with Crippen molar-refractivity contribution in [2.24, 2.45) is 5.73 Å². The lowest BCUT2D eigenvalue weighted by Gasteiger charge is -2.33. The van der Waals surface area contributed by atoms with Crippen molar-refractivity contribution in [3.63, 3.8) is 0 Å². The highest BCUT2D eigenvalue weighted by Crippen LogP contribution is 2.38. The van der Waals surface area contributed by atoms with Gasteiger partial charge in [0.15, 0.2) is 0 Å². The first-order chi connectivity index (χ1) is 7.54. The largest absolute Gasteiger partial charge is 0.481 e. The van der Waals surface area contributed by atoms with Gasteiger partial charge in [0, 0.05) is 12.1 Å². The van der Waals surface area contributed by atoms with Crippen molar-refractivity contribution in [3.8, 4) is 0 Å². The van der Waals surface area contributed by atoms with Crippen LogP contribution in [-0.2, 0) is 10.2 Å². The van der Waals surface area contributed by atoms with Crippen LogP contribution in [0.1, 0.15) is 37.1 Å². The molecule has 1 aliphatic rings. The zero-order valence-electron chi connectivity index (χ0n) is 9.27. The molecule has 1 fully saturated rings. The van der Waals surface area contributed by atoms with Crippen LogP contribution < -0.4 is 5.73 Å². The molecule has 88 valence electrons. The monoisotopic (exact) mass is 224 g/mol. The average Bonchev–Trinajstić information content (AvgIpc) is 2.66. The van der Waals surface area contributed by atoms with Crippen LogP contribution in [0.25, 0.3) is 0 Å². The van der Waals surface area contributed by atoms with Crippen molar-refractivity contribution in [1.29, 1.82) is 0 Å². The molecule has 0 unspecified atom stereocenters. The highest BCUT2D eigenvalue weighted by atomic mass is 16.5. The molecule has 0 saturated heterocycles. The second-order valence-corrected chi connectivity index (χ2v) is 4.55. The number of hydrogen-bond acceptors (Lipinski definition) is 4. The average molecular weight is 224 g/mol. The van der Waals surface area contributed by atoms with Crippen LogP contribution in [-0.4, -0.2) is 22.3 Å². The van der Waals surface area contributed by atoms with Gasteiger partial charge in [0.05, 0.1) is 0 Å². The van der Waals surface area contributed by atoms with Crippen LogP contribution in [0.15, 0.2) is 10.6 Å². The van der Waals surface area contributed by atoms with Crippen molar-refractivity contribution in [2.75, 3.05) is 0 Å². The first kappa shape index (κ1) is 11.1. The van der Waals surface area contributed by atoms with Crippen molar-refractivity contribution in [2.45, 2.75) is 44.1 Å². The zero-order valence-corrected chi connectivity index (χ0v) is 9.27. The molecule has 5 nitrogen and oxygen atoms in total. The van der Waals surface area contributed by atoms with E-state index in [0.717, 1.165) is 12.8 Å². The van der Waals surface area contributed by atoms with E-state index in [2.05, 4.69) is 5.16 Å². The maximum atomic E-state index is 11.5. The molecular weight excluding hydrogens is 208 g/mol. The van der Waals surface area contributed by atoms with E-state index >= 15 is 0 Å². The number of rotatable bonds is 2. The van der Waals surface area contributed by atoms with Gasteiger partial charge in [-0.05, 0) is 32.6 Å². The Bertz CT molecular complexity index is 392. The predicted octanol–water partition coefficient (Wildman–Crippen LogP) is 1.21. The smallest absolute Gasteiger partial charge is 0.315 e. The van der Waals surface area contributed by atoms with Gasteiger partial charge in [0.1, 0.15) is 16.9 Å². The predicted molar refractivity (Wildman–Crippen MR) is 57.0 cm³/mol. The fourth-order valence-electron chi connectivity index (χ4n) is 2.30. The van der Waals surface area contributed by atoms with Crippen LogP contribution in [0, 0.1) is 6.92 Å². The number of carboxylic acid groups (broad SMARTS) is 1. The summed E-state index contributed by atoms with van der Waals surface area (Å²) in [5, 5.41) is 13.3. The normalized spacial score (nSPS) is 30.2. The molecule has 1 heterocycles. The second kappa shape index (κ2) is 3.90. The number of carbonyl (C=O) groups is 1. The Balaban J connectivity index is 2.33. The quantitative estimate of drug-likeness (QED) is 0.788. The summed E-state index contributed by atoms with van der Waals surface area (Å²) < 4.78 is 4.98. The molecule has 1 saturated carbocycles. The molecule has 0 aliphatic heterocycles. The molecule has 0 spiro atoms. The van der Waals surface area contributed by atoms with Gasteiger partial charge in [-0.3, -0.25) is 4.79 Å². The van der Waals surface area contributed by atoms with E-state index in [1.165, 1.54) is 0 Å². The number of nitrogens with zero attached hydrogens (tertiary/aromatic N) is 1. The van der Waals surface area contributed by atoms with Gasteiger partial charge in [-0.15, -0.1) is 0 Å². The van der Waals surface area contributed by atoms with Gasteiger partial charge in [-0.25, -0.2) is 0 Å². The van der Waals surface area contributed by atoms with Gasteiger partial charge in [0.25, 0.3) is 0 Å². The zero-order chi connectivity index (χ0) is 11.8. The van der Waals surface area contributed by atoms with Crippen molar-refractivity contribution in [1.82, 2.24) is 5.16 Å². The highest BCUT2D eigenvalue weighted by Gasteiger charge is 2.45. The third kappa shape index (κ3) is 1.71. The van der Waals surface area contributed by atoms with Crippen LogP contribution in [0.5, 0.6) is 0 Å². The maximum absolute atomic E-state index is 11.5. The molecule has 0 aromatic carbocycles. The molecule has 16 heavy (non-hydrogen) atoms. The lowest BCUT2D eigenvalue weighted by atomic mass is 9.70. The van der Waals surface area contributed by atoms with Crippen molar-refractivity contribution in [3.05, 3.63) is 17.5 Å². The van der Waals surface area contributed by atoms with Crippen LogP contribution in [0.2, 0.25) is 0 Å². The van der Waals surface area contributed by atoms with Crippen LogP contribution in [0.4, 0.5) is 0 Å². The summed E-state index contributed by atoms with van der Waals surface area (Å²) in [4.78, 5) is 11.5. The lowest BCUT2D eigenvalue weighted by molar-refractivity contribution is -0.145. The molecule has 0 bridgehead atoms. The molecular formula is C11H16N2O3. The van der Waals surface area contributed by atoms with E-state index < -0.39 is 11.4 Å². The summed E-state index contributed by atoms with van der Waals surface area (Å²) in [6.45, 7) is 1.76. The number of nitrogens with two attached hydrogens (primary N) is 1. The minimum Gasteiger partial charge on any atom is -0.481 e. The number of aliphatic carboxylic acids is 1. The van der Waals surface area contributed by atoms with Gasteiger partial charge in [-0.1, -0.05) is 5.16 Å². The molecule has 0 atom stereocenters. The Labute approximate surface area is 93.6 Å².